The molecule has 4 N–H and O–H groups in total. The highest BCUT2D eigenvalue weighted by Crippen LogP contribution is 2.37. The number of nitrogens with zero attached hydrogens (tertiary/aromatic N) is 7. The quantitative estimate of drug-likeness (QED) is 0.234. The number of H-pyrrole nitrogens is 1. The van der Waals surface area contributed by atoms with E-state index in [0.29, 0.717) is 11.9 Å². The van der Waals surface area contributed by atoms with E-state index in [9.17, 15) is 5.11 Å². The first kappa shape index (κ1) is 28.9. The van der Waals surface area contributed by atoms with Crippen LogP contribution in [0.25, 0.3) is 33.3 Å². The van der Waals surface area contributed by atoms with Gasteiger partial charge < -0.3 is 20.7 Å². The van der Waals surface area contributed by atoms with E-state index >= 15 is 0 Å². The number of fused-ring (bicyclic) bond motifs is 2. The van der Waals surface area contributed by atoms with E-state index in [-0.39, 0.29) is 6.04 Å². The van der Waals surface area contributed by atoms with Crippen LogP contribution in [0.4, 0.5) is 5.82 Å². The molecule has 0 bridgehead atoms. The SMILES string of the molecule is CC(C)(O)CCN1CCN(C2CCC(n3nc(-c4ccc5nc(Cc6ccccc6)[nH]c5c4)c4c(N)ncnc43)CC2)CC1. The first-order valence-corrected chi connectivity index (χ1v) is 16.0. The van der Waals surface area contributed by atoms with E-state index < -0.39 is 5.60 Å². The molecule has 0 spiro atoms. The molecule has 1 saturated heterocycles. The number of anilines is 1. The number of hydrogen-bond donors (Lipinski definition) is 3. The number of benzene rings is 2. The average molecular weight is 594 g/mol. The number of aromatic nitrogens is 6. The smallest absolute Gasteiger partial charge is 0.164 e. The molecule has 3 aromatic heterocycles. The highest BCUT2D eigenvalue weighted by molar-refractivity contribution is 5.99. The lowest BCUT2D eigenvalue weighted by Crippen LogP contribution is -2.51. The molecule has 2 fully saturated rings. The molecule has 0 radical (unpaired) electrons. The van der Waals surface area contributed by atoms with Gasteiger partial charge in [0.25, 0.3) is 0 Å². The van der Waals surface area contributed by atoms with E-state index in [2.05, 4.69) is 71.9 Å². The van der Waals surface area contributed by atoms with Crippen molar-refractivity contribution in [1.29, 1.82) is 0 Å². The maximum atomic E-state index is 10.1. The van der Waals surface area contributed by atoms with Gasteiger partial charge in [0.05, 0.1) is 28.1 Å². The molecule has 10 nitrogen and oxygen atoms in total. The zero-order valence-electron chi connectivity index (χ0n) is 25.8. The molecule has 7 rings (SSSR count). The van der Waals surface area contributed by atoms with Crippen molar-refractivity contribution in [1.82, 2.24) is 39.5 Å². The summed E-state index contributed by atoms with van der Waals surface area (Å²) in [6.07, 6.45) is 7.54. The Morgan fingerprint density at radius 1 is 0.955 bits per heavy atom. The third-order valence-corrected chi connectivity index (χ3v) is 9.51. The fourth-order valence-corrected chi connectivity index (χ4v) is 6.99. The second-order valence-corrected chi connectivity index (χ2v) is 13.2. The largest absolute Gasteiger partial charge is 0.390 e. The number of nitrogens with one attached hydrogen (secondary N) is 1. The van der Waals surface area contributed by atoms with Crippen molar-refractivity contribution in [2.24, 2.45) is 0 Å². The van der Waals surface area contributed by atoms with Crippen molar-refractivity contribution in [3.63, 3.8) is 0 Å². The summed E-state index contributed by atoms with van der Waals surface area (Å²) < 4.78 is 2.12. The number of rotatable bonds is 8. The fourth-order valence-electron chi connectivity index (χ4n) is 6.99. The van der Waals surface area contributed by atoms with Crippen LogP contribution in [-0.2, 0) is 6.42 Å². The standard InChI is InChI=1S/C34H43N9O/c1-34(2,44)14-15-41-16-18-42(19-17-41)25-9-11-26(12-10-25)43-33-30(32(35)36-22-37-33)31(40-43)24-8-13-27-28(21-24)39-29(38-27)20-23-6-4-3-5-7-23/h3-8,13,21-22,25-26,44H,9-12,14-20H2,1-2H3,(H,38,39)(H2,35,36,37). The van der Waals surface area contributed by atoms with Gasteiger partial charge in [-0.15, -0.1) is 0 Å². The molecule has 5 aromatic rings. The van der Waals surface area contributed by atoms with Crippen molar-refractivity contribution >= 4 is 27.9 Å². The molecule has 0 amide bonds. The Morgan fingerprint density at radius 2 is 1.70 bits per heavy atom. The van der Waals surface area contributed by atoms with Crippen LogP contribution in [0.15, 0.2) is 54.9 Å². The van der Waals surface area contributed by atoms with Crippen molar-refractivity contribution in [3.8, 4) is 11.3 Å². The number of nitrogen functional groups attached to an aromatic ring is 1. The van der Waals surface area contributed by atoms with Crippen LogP contribution in [0.5, 0.6) is 0 Å². The normalized spacial score (nSPS) is 20.5. The summed E-state index contributed by atoms with van der Waals surface area (Å²) in [5, 5.41) is 16.1. The summed E-state index contributed by atoms with van der Waals surface area (Å²) in [5.41, 5.74) is 11.6. The summed E-state index contributed by atoms with van der Waals surface area (Å²) in [4.78, 5) is 22.5. The third-order valence-electron chi connectivity index (χ3n) is 9.51. The predicted octanol–water partition coefficient (Wildman–Crippen LogP) is 4.80. The topological polar surface area (TPSA) is 125 Å². The van der Waals surface area contributed by atoms with Crippen LogP contribution in [-0.4, -0.2) is 89.0 Å². The summed E-state index contributed by atoms with van der Waals surface area (Å²) in [7, 11) is 0. The highest BCUT2D eigenvalue weighted by Gasteiger charge is 2.31. The Morgan fingerprint density at radius 3 is 2.45 bits per heavy atom. The lowest BCUT2D eigenvalue weighted by atomic mass is 9.90. The van der Waals surface area contributed by atoms with Gasteiger partial charge in [-0.1, -0.05) is 36.4 Å². The van der Waals surface area contributed by atoms with Gasteiger partial charge >= 0.3 is 0 Å². The van der Waals surface area contributed by atoms with E-state index in [1.165, 1.54) is 5.56 Å². The molecule has 2 aromatic carbocycles. The van der Waals surface area contributed by atoms with Gasteiger partial charge in [0.1, 0.15) is 23.7 Å². The Hall–Kier alpha value is -3.86. The van der Waals surface area contributed by atoms with Crippen molar-refractivity contribution in [3.05, 3.63) is 66.2 Å². The molecule has 44 heavy (non-hydrogen) atoms. The number of aromatic amines is 1. The van der Waals surface area contributed by atoms with Gasteiger partial charge in [-0.2, -0.15) is 5.10 Å². The summed E-state index contributed by atoms with van der Waals surface area (Å²) >= 11 is 0. The van der Waals surface area contributed by atoms with E-state index in [4.69, 9.17) is 15.8 Å². The fraction of sp³-hybridized carbons (Fsp3) is 0.471. The Labute approximate surface area is 258 Å². The zero-order valence-corrected chi connectivity index (χ0v) is 25.8. The Bertz CT molecular complexity index is 1720. The van der Waals surface area contributed by atoms with E-state index in [1.54, 1.807) is 6.33 Å². The van der Waals surface area contributed by atoms with Crippen LogP contribution in [0.2, 0.25) is 0 Å². The first-order chi connectivity index (χ1) is 21.3. The molecule has 1 saturated carbocycles. The van der Waals surface area contributed by atoms with Gasteiger partial charge in [-0.25, -0.2) is 19.6 Å². The third kappa shape index (κ3) is 6.06. The molecule has 4 heterocycles. The molecular formula is C34H43N9O. The van der Waals surface area contributed by atoms with Crippen LogP contribution in [0.3, 0.4) is 0 Å². The van der Waals surface area contributed by atoms with Gasteiger partial charge in [0.2, 0.25) is 0 Å². The number of hydrogen-bond acceptors (Lipinski definition) is 8. The number of nitrogens with two attached hydrogens (primary N) is 1. The van der Waals surface area contributed by atoms with Crippen molar-refractivity contribution < 1.29 is 5.11 Å². The van der Waals surface area contributed by atoms with Gasteiger partial charge in [0.15, 0.2) is 5.65 Å². The molecule has 0 atom stereocenters. The van der Waals surface area contributed by atoms with Crippen molar-refractivity contribution in [2.45, 2.75) is 70.1 Å². The second kappa shape index (κ2) is 11.9. The minimum atomic E-state index is -0.598. The molecular weight excluding hydrogens is 550 g/mol. The number of aliphatic hydroxyl groups is 1. The molecule has 0 unspecified atom stereocenters. The monoisotopic (exact) mass is 593 g/mol. The summed E-state index contributed by atoms with van der Waals surface area (Å²) in [5.74, 6) is 1.40. The number of imidazole rings is 1. The van der Waals surface area contributed by atoms with Crippen LogP contribution in [0.1, 0.15) is 63.4 Å². The van der Waals surface area contributed by atoms with Crippen LogP contribution in [0, 0.1) is 0 Å². The first-order valence-electron chi connectivity index (χ1n) is 16.0. The maximum Gasteiger partial charge on any atom is 0.164 e. The summed E-state index contributed by atoms with van der Waals surface area (Å²) in [6, 6.07) is 17.5. The van der Waals surface area contributed by atoms with Crippen LogP contribution >= 0.6 is 0 Å². The molecule has 230 valence electrons. The van der Waals surface area contributed by atoms with Crippen molar-refractivity contribution in [2.75, 3.05) is 38.5 Å². The summed E-state index contributed by atoms with van der Waals surface area (Å²) in [6.45, 7) is 9.11. The highest BCUT2D eigenvalue weighted by atomic mass is 16.3. The predicted molar refractivity (Wildman–Crippen MR) is 174 cm³/mol. The minimum absolute atomic E-state index is 0.276. The molecule has 10 heteroatoms. The van der Waals surface area contributed by atoms with Gasteiger partial charge in [-0.3, -0.25) is 4.90 Å². The Kier molecular flexibility index (Phi) is 7.82. The Balaban J connectivity index is 1.07. The van der Waals surface area contributed by atoms with Crippen LogP contribution < -0.4 is 5.73 Å². The van der Waals surface area contributed by atoms with E-state index in [0.717, 1.165) is 110 Å². The van der Waals surface area contributed by atoms with Gasteiger partial charge in [0, 0.05) is 50.7 Å². The average Bonchev–Trinajstić information content (AvgIpc) is 3.62. The lowest BCUT2D eigenvalue weighted by Gasteiger charge is -2.42. The maximum absolute atomic E-state index is 10.1. The molecule has 2 aliphatic rings. The molecule has 1 aliphatic heterocycles. The minimum Gasteiger partial charge on any atom is -0.390 e. The van der Waals surface area contributed by atoms with E-state index in [1.807, 2.05) is 19.9 Å². The lowest BCUT2D eigenvalue weighted by molar-refractivity contribution is 0.0356. The second-order valence-electron chi connectivity index (χ2n) is 13.2. The number of piperazine rings is 1. The molecule has 1 aliphatic carbocycles. The van der Waals surface area contributed by atoms with Gasteiger partial charge in [-0.05, 0) is 63.6 Å². The zero-order chi connectivity index (χ0) is 30.3.